The summed E-state index contributed by atoms with van der Waals surface area (Å²) in [4.78, 5) is 10.6. The zero-order valence-corrected chi connectivity index (χ0v) is 6.17. The van der Waals surface area contributed by atoms with Gasteiger partial charge in [-0.15, -0.1) is 0 Å². The van der Waals surface area contributed by atoms with Crippen LogP contribution in [-0.2, 0) is 9.53 Å². The largest absolute Gasteiger partial charge is 0.466 e. The summed E-state index contributed by atoms with van der Waals surface area (Å²) < 4.78 is 4.64. The summed E-state index contributed by atoms with van der Waals surface area (Å²) in [5, 5.41) is 0. The van der Waals surface area contributed by atoms with E-state index in [-0.39, 0.29) is 5.97 Å². The number of carbonyl (C=O) groups excluding carboxylic acids is 1. The molecule has 0 aromatic carbocycles. The van der Waals surface area contributed by atoms with Crippen LogP contribution in [0.2, 0.25) is 0 Å². The van der Waals surface area contributed by atoms with Gasteiger partial charge in [0, 0.05) is 6.42 Å². The van der Waals surface area contributed by atoms with Crippen molar-refractivity contribution in [2.75, 3.05) is 6.61 Å². The molecule has 0 spiro atoms. The van der Waals surface area contributed by atoms with Gasteiger partial charge in [-0.05, 0) is 13.3 Å². The molecule has 0 saturated carbocycles. The van der Waals surface area contributed by atoms with E-state index in [0.29, 0.717) is 19.4 Å². The van der Waals surface area contributed by atoms with Gasteiger partial charge in [0.05, 0.1) is 12.8 Å². The summed E-state index contributed by atoms with van der Waals surface area (Å²) in [6.07, 6.45) is 0.383. The van der Waals surface area contributed by atoms with Crippen molar-refractivity contribution < 1.29 is 9.53 Å². The molecule has 4 heteroatoms. The minimum atomic E-state index is -0.413. The van der Waals surface area contributed by atoms with Crippen LogP contribution >= 0.6 is 0 Å². The van der Waals surface area contributed by atoms with Crippen LogP contribution in [0.5, 0.6) is 0 Å². The van der Waals surface area contributed by atoms with E-state index < -0.39 is 6.17 Å². The van der Waals surface area contributed by atoms with Crippen molar-refractivity contribution in [3.8, 4) is 0 Å². The Hall–Kier alpha value is -0.610. The number of nitrogens with two attached hydrogens (primary N) is 2. The highest BCUT2D eigenvalue weighted by Crippen LogP contribution is 1.92. The zero-order chi connectivity index (χ0) is 7.98. The van der Waals surface area contributed by atoms with Gasteiger partial charge in [0.25, 0.3) is 0 Å². The SMILES string of the molecule is CCOC(=O)CCC(N)N. The van der Waals surface area contributed by atoms with Crippen LogP contribution in [0.1, 0.15) is 19.8 Å². The molecule has 0 aliphatic carbocycles. The first-order chi connectivity index (χ1) is 4.66. The molecular formula is C6H14N2O2. The molecule has 0 unspecified atom stereocenters. The Bertz CT molecular complexity index is 104. The van der Waals surface area contributed by atoms with Crippen LogP contribution in [0.15, 0.2) is 0 Å². The standard InChI is InChI=1S/C6H14N2O2/c1-2-10-6(9)4-3-5(7)8/h5H,2-4,7-8H2,1H3. The lowest BCUT2D eigenvalue weighted by atomic mass is 10.3. The first kappa shape index (κ1) is 9.39. The van der Waals surface area contributed by atoms with Crippen LogP contribution in [0, 0.1) is 0 Å². The third kappa shape index (κ3) is 5.53. The van der Waals surface area contributed by atoms with Crippen molar-refractivity contribution in [3.63, 3.8) is 0 Å². The maximum atomic E-state index is 10.6. The molecule has 0 atom stereocenters. The van der Waals surface area contributed by atoms with E-state index >= 15 is 0 Å². The lowest BCUT2D eigenvalue weighted by Crippen LogP contribution is -2.30. The quantitative estimate of drug-likeness (QED) is 0.417. The highest BCUT2D eigenvalue weighted by Gasteiger charge is 2.02. The Morgan fingerprint density at radius 3 is 2.60 bits per heavy atom. The van der Waals surface area contributed by atoms with E-state index in [0.717, 1.165) is 0 Å². The Morgan fingerprint density at radius 2 is 2.20 bits per heavy atom. The van der Waals surface area contributed by atoms with Crippen molar-refractivity contribution in [1.82, 2.24) is 0 Å². The number of esters is 1. The van der Waals surface area contributed by atoms with Crippen LogP contribution in [0.3, 0.4) is 0 Å². The van der Waals surface area contributed by atoms with Gasteiger partial charge in [-0.3, -0.25) is 4.79 Å². The van der Waals surface area contributed by atoms with Crippen molar-refractivity contribution >= 4 is 5.97 Å². The molecule has 0 rings (SSSR count). The van der Waals surface area contributed by atoms with Crippen LogP contribution in [0.25, 0.3) is 0 Å². The maximum Gasteiger partial charge on any atom is 0.305 e. The topological polar surface area (TPSA) is 78.3 Å². The molecule has 0 amide bonds. The fraction of sp³-hybridized carbons (Fsp3) is 0.833. The highest BCUT2D eigenvalue weighted by molar-refractivity contribution is 5.69. The van der Waals surface area contributed by atoms with Gasteiger partial charge in [0.2, 0.25) is 0 Å². The molecule has 4 N–H and O–H groups in total. The van der Waals surface area contributed by atoms with Crippen molar-refractivity contribution in [2.24, 2.45) is 11.5 Å². The van der Waals surface area contributed by atoms with Crippen LogP contribution in [-0.4, -0.2) is 18.7 Å². The smallest absolute Gasteiger partial charge is 0.305 e. The molecule has 4 nitrogen and oxygen atoms in total. The summed E-state index contributed by atoms with van der Waals surface area (Å²) >= 11 is 0. The van der Waals surface area contributed by atoms with E-state index in [1.54, 1.807) is 6.92 Å². The molecule has 0 aromatic rings. The molecule has 0 fully saturated rings. The van der Waals surface area contributed by atoms with Gasteiger partial charge in [-0.1, -0.05) is 0 Å². The summed E-state index contributed by atoms with van der Waals surface area (Å²) in [7, 11) is 0. The maximum absolute atomic E-state index is 10.6. The summed E-state index contributed by atoms with van der Waals surface area (Å²) in [6.45, 7) is 2.18. The van der Waals surface area contributed by atoms with E-state index in [9.17, 15) is 4.79 Å². The van der Waals surface area contributed by atoms with Crippen molar-refractivity contribution in [1.29, 1.82) is 0 Å². The van der Waals surface area contributed by atoms with Gasteiger partial charge < -0.3 is 16.2 Å². The van der Waals surface area contributed by atoms with Gasteiger partial charge in [0.1, 0.15) is 0 Å². The number of rotatable bonds is 4. The monoisotopic (exact) mass is 146 g/mol. The van der Waals surface area contributed by atoms with Gasteiger partial charge in [0.15, 0.2) is 0 Å². The minimum absolute atomic E-state index is 0.233. The fourth-order valence-electron chi connectivity index (χ4n) is 0.518. The molecule has 0 saturated heterocycles. The predicted octanol–water partition coefficient (Wildman–Crippen LogP) is -0.427. The molecule has 60 valence electrons. The summed E-state index contributed by atoms with van der Waals surface area (Å²) in [5.41, 5.74) is 10.4. The van der Waals surface area contributed by atoms with E-state index in [1.165, 1.54) is 0 Å². The summed E-state index contributed by atoms with van der Waals surface area (Å²) in [5.74, 6) is -0.233. The Balaban J connectivity index is 3.22. The number of carbonyl (C=O) groups is 1. The average molecular weight is 146 g/mol. The van der Waals surface area contributed by atoms with Gasteiger partial charge in [-0.2, -0.15) is 0 Å². The third-order valence-corrected chi connectivity index (χ3v) is 0.987. The van der Waals surface area contributed by atoms with E-state index in [1.807, 2.05) is 0 Å². The number of hydrogen-bond acceptors (Lipinski definition) is 4. The summed E-state index contributed by atoms with van der Waals surface area (Å²) in [6, 6.07) is 0. The number of ether oxygens (including phenoxy) is 1. The molecule has 0 radical (unpaired) electrons. The van der Waals surface area contributed by atoms with Crippen molar-refractivity contribution in [3.05, 3.63) is 0 Å². The van der Waals surface area contributed by atoms with Crippen LogP contribution in [0.4, 0.5) is 0 Å². The second-order valence-electron chi connectivity index (χ2n) is 2.01. The van der Waals surface area contributed by atoms with E-state index in [2.05, 4.69) is 4.74 Å². The second-order valence-corrected chi connectivity index (χ2v) is 2.01. The molecule has 0 aliphatic rings. The number of hydrogen-bond donors (Lipinski definition) is 2. The van der Waals surface area contributed by atoms with E-state index in [4.69, 9.17) is 11.5 Å². The second kappa shape index (κ2) is 5.20. The lowest BCUT2D eigenvalue weighted by molar-refractivity contribution is -0.143. The third-order valence-electron chi connectivity index (χ3n) is 0.987. The molecular weight excluding hydrogens is 132 g/mol. The molecule has 0 heterocycles. The van der Waals surface area contributed by atoms with Crippen LogP contribution < -0.4 is 11.5 Å². The van der Waals surface area contributed by atoms with Crippen molar-refractivity contribution in [2.45, 2.75) is 25.9 Å². The first-order valence-corrected chi connectivity index (χ1v) is 3.33. The zero-order valence-electron chi connectivity index (χ0n) is 6.17. The molecule has 10 heavy (non-hydrogen) atoms. The molecule has 0 bridgehead atoms. The molecule has 0 aromatic heterocycles. The van der Waals surface area contributed by atoms with Gasteiger partial charge in [-0.25, -0.2) is 0 Å². The highest BCUT2D eigenvalue weighted by atomic mass is 16.5. The molecule has 0 aliphatic heterocycles. The Morgan fingerprint density at radius 1 is 1.60 bits per heavy atom. The predicted molar refractivity (Wildman–Crippen MR) is 38.0 cm³/mol. The normalized spacial score (nSPS) is 10.0. The lowest BCUT2D eigenvalue weighted by Gasteiger charge is -2.03. The van der Waals surface area contributed by atoms with Gasteiger partial charge >= 0.3 is 5.97 Å². The average Bonchev–Trinajstić information content (AvgIpc) is 1.85. The Labute approximate surface area is 60.5 Å². The fourth-order valence-corrected chi connectivity index (χ4v) is 0.518. The first-order valence-electron chi connectivity index (χ1n) is 3.33. The Kier molecular flexibility index (Phi) is 4.88. The minimum Gasteiger partial charge on any atom is -0.466 e.